The highest BCUT2D eigenvalue weighted by Crippen LogP contribution is 2.29. The van der Waals surface area contributed by atoms with Crippen LogP contribution >= 0.6 is 0 Å². The summed E-state index contributed by atoms with van der Waals surface area (Å²) in [4.78, 5) is 19.0. The molecule has 0 bridgehead atoms. The minimum absolute atomic E-state index is 0.0121. The van der Waals surface area contributed by atoms with Crippen LogP contribution in [0.4, 0.5) is 5.69 Å². The van der Waals surface area contributed by atoms with Crippen molar-refractivity contribution < 1.29 is 4.79 Å². The average Bonchev–Trinajstić information content (AvgIpc) is 3.30. The summed E-state index contributed by atoms with van der Waals surface area (Å²) >= 11 is 0. The van der Waals surface area contributed by atoms with E-state index in [0.717, 1.165) is 29.8 Å². The summed E-state index contributed by atoms with van der Waals surface area (Å²) in [5.41, 5.74) is 8.93. The normalized spacial score (nSPS) is 14.0. The average molecular weight is 281 g/mol. The smallest absolute Gasteiger partial charge is 0.273 e. The van der Waals surface area contributed by atoms with E-state index in [1.807, 2.05) is 48.2 Å². The van der Waals surface area contributed by atoms with Crippen LogP contribution in [0.25, 0.3) is 0 Å². The number of hydrogen-bond acceptors (Lipinski definition) is 3. The van der Waals surface area contributed by atoms with Gasteiger partial charge in [0.15, 0.2) is 0 Å². The highest BCUT2D eigenvalue weighted by molar-refractivity contribution is 5.92. The molecule has 1 aliphatic rings. The van der Waals surface area contributed by atoms with Gasteiger partial charge in [0, 0.05) is 24.0 Å². The fourth-order valence-corrected chi connectivity index (χ4v) is 2.38. The van der Waals surface area contributed by atoms with E-state index in [1.54, 1.807) is 6.07 Å². The third-order valence-electron chi connectivity index (χ3n) is 3.69. The van der Waals surface area contributed by atoms with Gasteiger partial charge in [-0.3, -0.25) is 4.79 Å². The number of carbonyl (C=O) groups excluding carboxylic acids is 1. The molecule has 1 saturated carbocycles. The number of nitrogens with zero attached hydrogens (tertiary/aromatic N) is 2. The largest absolute Gasteiger partial charge is 0.399 e. The molecule has 1 amide bonds. The van der Waals surface area contributed by atoms with Crippen molar-refractivity contribution in [2.45, 2.75) is 32.4 Å². The Balaban J connectivity index is 1.81. The predicted octanol–water partition coefficient (Wildman–Crippen LogP) is 2.78. The molecule has 4 heteroatoms. The third kappa shape index (κ3) is 3.21. The summed E-state index contributed by atoms with van der Waals surface area (Å²) in [5, 5.41) is 0. The Hall–Kier alpha value is -2.36. The van der Waals surface area contributed by atoms with E-state index >= 15 is 0 Å². The van der Waals surface area contributed by atoms with Crippen molar-refractivity contribution in [1.82, 2.24) is 9.88 Å². The summed E-state index contributed by atoms with van der Waals surface area (Å²) in [5.74, 6) is 0.0121. The Morgan fingerprint density at radius 1 is 1.24 bits per heavy atom. The Bertz CT molecular complexity index is 647. The van der Waals surface area contributed by atoms with Gasteiger partial charge in [-0.1, -0.05) is 18.2 Å². The number of benzene rings is 1. The molecule has 0 unspecified atom stereocenters. The van der Waals surface area contributed by atoms with Gasteiger partial charge < -0.3 is 10.6 Å². The summed E-state index contributed by atoms with van der Waals surface area (Å²) < 4.78 is 0. The second-order valence-electron chi connectivity index (χ2n) is 5.57. The number of carbonyl (C=O) groups is 1. The minimum Gasteiger partial charge on any atom is -0.399 e. The van der Waals surface area contributed by atoms with Gasteiger partial charge in [0.1, 0.15) is 5.69 Å². The molecule has 4 nitrogen and oxygen atoms in total. The second kappa shape index (κ2) is 5.56. The first-order chi connectivity index (χ1) is 10.1. The third-order valence-corrected chi connectivity index (χ3v) is 3.69. The number of amides is 1. The van der Waals surface area contributed by atoms with Gasteiger partial charge in [0.05, 0.1) is 0 Å². The lowest BCUT2D eigenvalue weighted by Gasteiger charge is -2.22. The van der Waals surface area contributed by atoms with E-state index in [9.17, 15) is 4.79 Å². The molecule has 1 aromatic heterocycles. The van der Waals surface area contributed by atoms with Crippen LogP contribution < -0.4 is 5.73 Å². The van der Waals surface area contributed by atoms with E-state index in [0.29, 0.717) is 18.3 Å². The van der Waals surface area contributed by atoms with Gasteiger partial charge in [-0.15, -0.1) is 0 Å². The molecule has 0 saturated heterocycles. The van der Waals surface area contributed by atoms with E-state index in [1.165, 1.54) is 0 Å². The first-order valence-electron chi connectivity index (χ1n) is 7.22. The summed E-state index contributed by atoms with van der Waals surface area (Å²) in [6.45, 7) is 2.51. The van der Waals surface area contributed by atoms with Gasteiger partial charge in [0.25, 0.3) is 5.91 Å². The molecular formula is C17H19N3O. The summed E-state index contributed by atoms with van der Waals surface area (Å²) in [6, 6.07) is 13.6. The van der Waals surface area contributed by atoms with E-state index in [2.05, 4.69) is 4.98 Å². The molecule has 1 heterocycles. The second-order valence-corrected chi connectivity index (χ2v) is 5.57. The van der Waals surface area contributed by atoms with Crippen LogP contribution in [0.15, 0.2) is 42.5 Å². The lowest BCUT2D eigenvalue weighted by atomic mass is 10.2. The van der Waals surface area contributed by atoms with Gasteiger partial charge in [-0.05, 0) is 49.6 Å². The number of aromatic nitrogens is 1. The monoisotopic (exact) mass is 281 g/mol. The lowest BCUT2D eigenvalue weighted by molar-refractivity contribution is 0.0723. The number of hydrogen-bond donors (Lipinski definition) is 1. The number of nitrogen functional groups attached to an aromatic ring is 1. The molecule has 0 spiro atoms. The standard InChI is InChI=1S/C17H19N3O/c1-12-3-2-4-16(19-12)17(21)20(15-9-10-15)11-13-5-7-14(18)8-6-13/h2-8,15H,9-11,18H2,1H3. The molecule has 108 valence electrons. The van der Waals surface area contributed by atoms with Gasteiger partial charge in [0.2, 0.25) is 0 Å². The highest BCUT2D eigenvalue weighted by Gasteiger charge is 2.33. The fraction of sp³-hybridized carbons (Fsp3) is 0.294. The van der Waals surface area contributed by atoms with Crippen LogP contribution in [0.1, 0.15) is 34.6 Å². The van der Waals surface area contributed by atoms with E-state index < -0.39 is 0 Å². The molecular weight excluding hydrogens is 262 g/mol. The molecule has 1 fully saturated rings. The maximum Gasteiger partial charge on any atom is 0.273 e. The Kier molecular flexibility index (Phi) is 3.60. The van der Waals surface area contributed by atoms with E-state index in [-0.39, 0.29) is 5.91 Å². The Labute approximate surface area is 124 Å². The topological polar surface area (TPSA) is 59.2 Å². The van der Waals surface area contributed by atoms with Crippen molar-refractivity contribution in [3.63, 3.8) is 0 Å². The van der Waals surface area contributed by atoms with Gasteiger partial charge in [-0.2, -0.15) is 0 Å². The van der Waals surface area contributed by atoms with Crippen molar-refractivity contribution in [3.8, 4) is 0 Å². The molecule has 0 atom stereocenters. The Morgan fingerprint density at radius 2 is 1.95 bits per heavy atom. The van der Waals surface area contributed by atoms with Crippen molar-refractivity contribution in [2.75, 3.05) is 5.73 Å². The van der Waals surface area contributed by atoms with Crippen LogP contribution in [0.5, 0.6) is 0 Å². The quantitative estimate of drug-likeness (QED) is 0.877. The summed E-state index contributed by atoms with van der Waals surface area (Å²) in [7, 11) is 0. The van der Waals surface area contributed by atoms with Crippen LogP contribution in [-0.4, -0.2) is 21.8 Å². The molecule has 0 aliphatic heterocycles. The zero-order valence-corrected chi connectivity index (χ0v) is 12.1. The first kappa shape index (κ1) is 13.6. The number of anilines is 1. The Morgan fingerprint density at radius 3 is 2.57 bits per heavy atom. The number of aryl methyl sites for hydroxylation is 1. The highest BCUT2D eigenvalue weighted by atomic mass is 16.2. The zero-order chi connectivity index (χ0) is 14.8. The molecule has 21 heavy (non-hydrogen) atoms. The molecule has 1 aliphatic carbocycles. The van der Waals surface area contributed by atoms with Gasteiger partial charge >= 0.3 is 0 Å². The SMILES string of the molecule is Cc1cccc(C(=O)N(Cc2ccc(N)cc2)C2CC2)n1. The minimum atomic E-state index is 0.0121. The van der Waals surface area contributed by atoms with Crippen molar-refractivity contribution >= 4 is 11.6 Å². The molecule has 0 radical (unpaired) electrons. The molecule has 3 rings (SSSR count). The maximum atomic E-state index is 12.7. The lowest BCUT2D eigenvalue weighted by Crippen LogP contribution is -2.33. The van der Waals surface area contributed by atoms with Crippen LogP contribution in [0.2, 0.25) is 0 Å². The van der Waals surface area contributed by atoms with Crippen LogP contribution in [0.3, 0.4) is 0 Å². The molecule has 2 aromatic rings. The van der Waals surface area contributed by atoms with Crippen molar-refractivity contribution in [2.24, 2.45) is 0 Å². The number of nitrogens with two attached hydrogens (primary N) is 1. The van der Waals surface area contributed by atoms with Crippen LogP contribution in [-0.2, 0) is 6.54 Å². The van der Waals surface area contributed by atoms with Gasteiger partial charge in [-0.25, -0.2) is 4.98 Å². The van der Waals surface area contributed by atoms with Crippen molar-refractivity contribution in [3.05, 3.63) is 59.4 Å². The maximum absolute atomic E-state index is 12.7. The zero-order valence-electron chi connectivity index (χ0n) is 12.1. The molecule has 2 N–H and O–H groups in total. The first-order valence-corrected chi connectivity index (χ1v) is 7.22. The van der Waals surface area contributed by atoms with E-state index in [4.69, 9.17) is 5.73 Å². The molecule has 1 aromatic carbocycles. The van der Waals surface area contributed by atoms with Crippen molar-refractivity contribution in [1.29, 1.82) is 0 Å². The summed E-state index contributed by atoms with van der Waals surface area (Å²) in [6.07, 6.45) is 2.15. The fourth-order valence-electron chi connectivity index (χ4n) is 2.38. The van der Waals surface area contributed by atoms with Crippen LogP contribution in [0, 0.1) is 6.92 Å². The predicted molar refractivity (Wildman–Crippen MR) is 82.7 cm³/mol. The number of rotatable bonds is 4. The number of pyridine rings is 1.